The lowest BCUT2D eigenvalue weighted by atomic mass is 9.77. The van der Waals surface area contributed by atoms with Gasteiger partial charge in [-0.05, 0) is 52.5 Å². The van der Waals surface area contributed by atoms with Crippen molar-refractivity contribution >= 4 is 0 Å². The Morgan fingerprint density at radius 2 is 1.68 bits per heavy atom. The second-order valence-electron chi connectivity index (χ2n) is 7.67. The zero-order valence-electron chi connectivity index (χ0n) is 14.5. The van der Waals surface area contributed by atoms with Crippen molar-refractivity contribution in [2.75, 3.05) is 13.2 Å². The molecule has 0 amide bonds. The lowest BCUT2D eigenvalue weighted by molar-refractivity contribution is -0.109. The van der Waals surface area contributed by atoms with Crippen LogP contribution in [-0.2, 0) is 11.3 Å². The molecule has 0 bridgehead atoms. The van der Waals surface area contributed by atoms with Gasteiger partial charge in [0.05, 0.1) is 6.10 Å². The number of piperidine rings is 1. The summed E-state index contributed by atoms with van der Waals surface area (Å²) in [5, 5.41) is 8.92. The van der Waals surface area contributed by atoms with Gasteiger partial charge in [-0.2, -0.15) is 0 Å². The smallest absolute Gasteiger partial charge is 0.0610 e. The molecule has 3 heteroatoms. The number of aliphatic hydroxyl groups excluding tert-OH is 1. The van der Waals surface area contributed by atoms with Crippen LogP contribution in [0.4, 0.5) is 0 Å². The molecule has 0 atom stereocenters. The van der Waals surface area contributed by atoms with E-state index in [1.807, 2.05) is 0 Å². The fourth-order valence-corrected chi connectivity index (χ4v) is 3.85. The van der Waals surface area contributed by atoms with Gasteiger partial charge in [-0.1, -0.05) is 30.3 Å². The summed E-state index contributed by atoms with van der Waals surface area (Å²) < 4.78 is 6.01. The Hall–Kier alpha value is -0.900. The number of nitrogens with zero attached hydrogens (tertiary/aromatic N) is 1. The minimum Gasteiger partial charge on any atom is -0.396 e. The highest BCUT2D eigenvalue weighted by Gasteiger charge is 2.45. The van der Waals surface area contributed by atoms with Crippen LogP contribution in [0, 0.1) is 0 Å². The van der Waals surface area contributed by atoms with Crippen molar-refractivity contribution in [2.45, 2.75) is 70.7 Å². The predicted molar refractivity (Wildman–Crippen MR) is 90.8 cm³/mol. The highest BCUT2D eigenvalue weighted by molar-refractivity contribution is 5.16. The number of likely N-dealkylation sites (tertiary alicyclic amines) is 1. The largest absolute Gasteiger partial charge is 0.396 e. The third kappa shape index (κ3) is 4.31. The Kier molecular flexibility index (Phi) is 5.65. The first kappa shape index (κ1) is 17.5. The van der Waals surface area contributed by atoms with Crippen LogP contribution >= 0.6 is 0 Å². The normalized spacial score (nSPS) is 21.9. The summed E-state index contributed by atoms with van der Waals surface area (Å²) in [5.41, 5.74) is 1.56. The number of hydrogen-bond acceptors (Lipinski definition) is 3. The monoisotopic (exact) mass is 305 g/mol. The molecule has 0 radical (unpaired) electrons. The molecule has 2 rings (SSSR count). The minimum atomic E-state index is 0.0987. The molecule has 0 aliphatic carbocycles. The van der Waals surface area contributed by atoms with Crippen molar-refractivity contribution in [3.63, 3.8) is 0 Å². The first-order valence-corrected chi connectivity index (χ1v) is 8.39. The number of rotatable bonds is 6. The summed E-state index contributed by atoms with van der Waals surface area (Å²) in [6, 6.07) is 10.7. The third-order valence-electron chi connectivity index (χ3n) is 4.76. The van der Waals surface area contributed by atoms with Crippen molar-refractivity contribution in [3.8, 4) is 0 Å². The summed E-state index contributed by atoms with van der Waals surface area (Å²) in [6.07, 6.45) is 3.08. The minimum absolute atomic E-state index is 0.0987. The average Bonchev–Trinajstić information content (AvgIpc) is 2.44. The van der Waals surface area contributed by atoms with E-state index >= 15 is 0 Å². The van der Waals surface area contributed by atoms with Crippen LogP contribution in [0.25, 0.3) is 0 Å². The molecule has 0 spiro atoms. The molecule has 1 heterocycles. The van der Waals surface area contributed by atoms with E-state index in [-0.39, 0.29) is 23.8 Å². The van der Waals surface area contributed by atoms with Gasteiger partial charge in [0.15, 0.2) is 0 Å². The molecule has 0 aromatic heterocycles. The molecule has 1 aromatic rings. The molecule has 22 heavy (non-hydrogen) atoms. The molecule has 0 saturated carbocycles. The first-order valence-electron chi connectivity index (χ1n) is 8.39. The van der Waals surface area contributed by atoms with Crippen LogP contribution in [-0.4, -0.2) is 40.4 Å². The fourth-order valence-electron chi connectivity index (χ4n) is 3.85. The molecule has 1 aliphatic heterocycles. The Labute approximate surface area is 135 Å². The molecular formula is C19H31NO2. The molecule has 1 aliphatic rings. The molecule has 0 unspecified atom stereocenters. The highest BCUT2D eigenvalue weighted by Crippen LogP contribution is 2.40. The predicted octanol–water partition coefficient (Wildman–Crippen LogP) is 3.61. The Morgan fingerprint density at radius 3 is 2.23 bits per heavy atom. The van der Waals surface area contributed by atoms with Crippen LogP contribution in [0.1, 0.15) is 52.5 Å². The molecule has 124 valence electrons. The number of ether oxygens (including phenoxy) is 1. The fraction of sp³-hybridized carbons (Fsp3) is 0.684. The summed E-state index contributed by atoms with van der Waals surface area (Å²) in [5.74, 6) is 0. The number of hydrogen-bond donors (Lipinski definition) is 1. The maximum Gasteiger partial charge on any atom is 0.0610 e. The van der Waals surface area contributed by atoms with Gasteiger partial charge in [-0.3, -0.25) is 4.90 Å². The Balaban J connectivity index is 2.07. The van der Waals surface area contributed by atoms with E-state index in [1.54, 1.807) is 0 Å². The number of aliphatic hydroxyl groups is 1. The van der Waals surface area contributed by atoms with Crippen molar-refractivity contribution in [2.24, 2.45) is 0 Å². The summed E-state index contributed by atoms with van der Waals surface area (Å²) >= 11 is 0. The van der Waals surface area contributed by atoms with Gasteiger partial charge in [0.2, 0.25) is 0 Å². The summed E-state index contributed by atoms with van der Waals surface area (Å²) in [7, 11) is 0. The summed E-state index contributed by atoms with van der Waals surface area (Å²) in [4.78, 5) is 2.61. The second kappa shape index (κ2) is 7.12. The topological polar surface area (TPSA) is 32.7 Å². The molecule has 1 aromatic carbocycles. The third-order valence-corrected chi connectivity index (χ3v) is 4.76. The van der Waals surface area contributed by atoms with Crippen LogP contribution in [0.5, 0.6) is 0 Å². The van der Waals surface area contributed by atoms with Gasteiger partial charge in [0, 0.05) is 30.8 Å². The highest BCUT2D eigenvalue weighted by atomic mass is 16.5. The molecule has 1 fully saturated rings. The standard InChI is InChI=1S/C19H31NO2/c1-18(2)13-17(22-12-8-11-21)14-19(3,4)20(18)15-16-9-6-5-7-10-16/h5-7,9-10,17,21H,8,11-15H2,1-4H3. The van der Waals surface area contributed by atoms with Crippen LogP contribution in [0.15, 0.2) is 30.3 Å². The number of benzene rings is 1. The maximum absolute atomic E-state index is 8.92. The van der Waals surface area contributed by atoms with E-state index in [0.717, 1.165) is 25.8 Å². The zero-order chi connectivity index (χ0) is 16.2. The van der Waals surface area contributed by atoms with Gasteiger partial charge in [0.25, 0.3) is 0 Å². The average molecular weight is 305 g/mol. The molecular weight excluding hydrogens is 274 g/mol. The Morgan fingerprint density at radius 1 is 1.09 bits per heavy atom. The van der Waals surface area contributed by atoms with Gasteiger partial charge in [-0.25, -0.2) is 0 Å². The first-order chi connectivity index (χ1) is 10.3. The lowest BCUT2D eigenvalue weighted by Gasteiger charge is -2.55. The maximum atomic E-state index is 8.92. The zero-order valence-corrected chi connectivity index (χ0v) is 14.5. The van der Waals surface area contributed by atoms with Crippen molar-refractivity contribution in [1.29, 1.82) is 0 Å². The van der Waals surface area contributed by atoms with Gasteiger partial charge in [0.1, 0.15) is 0 Å². The molecule has 3 nitrogen and oxygen atoms in total. The van der Waals surface area contributed by atoms with Crippen LogP contribution < -0.4 is 0 Å². The molecule has 1 saturated heterocycles. The van der Waals surface area contributed by atoms with Gasteiger partial charge in [-0.15, -0.1) is 0 Å². The second-order valence-corrected chi connectivity index (χ2v) is 7.67. The quantitative estimate of drug-likeness (QED) is 0.815. The van der Waals surface area contributed by atoms with Crippen molar-refractivity contribution in [1.82, 2.24) is 4.90 Å². The Bertz CT molecular complexity index is 438. The van der Waals surface area contributed by atoms with Crippen molar-refractivity contribution in [3.05, 3.63) is 35.9 Å². The van der Waals surface area contributed by atoms with E-state index in [9.17, 15) is 0 Å². The van der Waals surface area contributed by atoms with Crippen LogP contribution in [0.3, 0.4) is 0 Å². The van der Waals surface area contributed by atoms with Gasteiger partial charge >= 0.3 is 0 Å². The van der Waals surface area contributed by atoms with Crippen LogP contribution in [0.2, 0.25) is 0 Å². The van der Waals surface area contributed by atoms with E-state index in [2.05, 4.69) is 62.9 Å². The van der Waals surface area contributed by atoms with Crippen molar-refractivity contribution < 1.29 is 9.84 Å². The molecule has 1 N–H and O–H groups in total. The van der Waals surface area contributed by atoms with E-state index < -0.39 is 0 Å². The SMILES string of the molecule is CC1(C)CC(OCCCO)CC(C)(C)N1Cc1ccccc1. The van der Waals surface area contributed by atoms with E-state index in [0.29, 0.717) is 6.61 Å². The van der Waals surface area contributed by atoms with E-state index in [1.165, 1.54) is 5.56 Å². The van der Waals surface area contributed by atoms with E-state index in [4.69, 9.17) is 9.84 Å². The summed E-state index contributed by atoms with van der Waals surface area (Å²) in [6.45, 7) is 11.1. The van der Waals surface area contributed by atoms with Gasteiger partial charge < -0.3 is 9.84 Å². The lowest BCUT2D eigenvalue weighted by Crippen LogP contribution is -2.61.